The van der Waals surface area contributed by atoms with E-state index in [4.69, 9.17) is 0 Å². The molecule has 0 radical (unpaired) electrons. The Balaban J connectivity index is 2.39. The molecule has 1 N–H and O–H groups in total. The van der Waals surface area contributed by atoms with Gasteiger partial charge in [-0.25, -0.2) is 4.98 Å². The summed E-state index contributed by atoms with van der Waals surface area (Å²) in [5.74, 6) is 1.03. The molecule has 18 heavy (non-hydrogen) atoms. The molecule has 2 rings (SSSR count). The van der Waals surface area contributed by atoms with Crippen molar-refractivity contribution in [1.29, 1.82) is 0 Å². The number of rotatable bonds is 5. The number of aryl methyl sites for hydroxylation is 2. The van der Waals surface area contributed by atoms with Crippen LogP contribution in [0.5, 0.6) is 0 Å². The molecule has 0 spiro atoms. The Morgan fingerprint density at radius 1 is 1.33 bits per heavy atom. The third-order valence-electron chi connectivity index (χ3n) is 2.96. The van der Waals surface area contributed by atoms with Gasteiger partial charge in [-0.3, -0.25) is 4.98 Å². The van der Waals surface area contributed by atoms with Crippen molar-refractivity contribution >= 4 is 0 Å². The molecule has 96 valence electrons. The molecule has 0 saturated heterocycles. The molecular weight excluding hydrogens is 224 g/mol. The average Bonchev–Trinajstić information content (AvgIpc) is 2.84. The molecule has 0 bridgehead atoms. The van der Waals surface area contributed by atoms with E-state index < -0.39 is 0 Å². The molecule has 0 fully saturated rings. The fourth-order valence-corrected chi connectivity index (χ4v) is 2.11. The van der Waals surface area contributed by atoms with Gasteiger partial charge in [-0.1, -0.05) is 13.0 Å². The molecule has 2 heterocycles. The summed E-state index contributed by atoms with van der Waals surface area (Å²) < 4.78 is 2.15. The predicted octanol–water partition coefficient (Wildman–Crippen LogP) is 2.31. The van der Waals surface area contributed by atoms with Gasteiger partial charge in [0.05, 0.1) is 5.69 Å². The summed E-state index contributed by atoms with van der Waals surface area (Å²) in [4.78, 5) is 9.08. The van der Waals surface area contributed by atoms with Gasteiger partial charge >= 0.3 is 0 Å². The first-order valence-corrected chi connectivity index (χ1v) is 6.44. The summed E-state index contributed by atoms with van der Waals surface area (Å²) in [6.07, 6.45) is 3.86. The van der Waals surface area contributed by atoms with E-state index in [9.17, 15) is 0 Å². The van der Waals surface area contributed by atoms with Crippen molar-refractivity contribution in [1.82, 2.24) is 19.9 Å². The second-order valence-corrected chi connectivity index (χ2v) is 4.27. The van der Waals surface area contributed by atoms with Crippen molar-refractivity contribution in [2.24, 2.45) is 0 Å². The van der Waals surface area contributed by atoms with E-state index in [1.54, 1.807) is 0 Å². The molecule has 0 aliphatic rings. The van der Waals surface area contributed by atoms with Crippen LogP contribution in [0.2, 0.25) is 0 Å². The normalized spacial score (nSPS) is 12.6. The summed E-state index contributed by atoms with van der Waals surface area (Å²) in [7, 11) is 0. The van der Waals surface area contributed by atoms with Crippen molar-refractivity contribution in [2.75, 3.05) is 6.54 Å². The molecule has 1 atom stereocenters. The van der Waals surface area contributed by atoms with E-state index in [-0.39, 0.29) is 6.04 Å². The largest absolute Gasteiger partial charge is 0.334 e. The minimum Gasteiger partial charge on any atom is -0.334 e. The number of aromatic nitrogens is 3. The van der Waals surface area contributed by atoms with Crippen LogP contribution in [0.25, 0.3) is 0 Å². The molecule has 0 amide bonds. The Bertz CT molecular complexity index is 504. The highest BCUT2D eigenvalue weighted by Crippen LogP contribution is 2.19. The summed E-state index contributed by atoms with van der Waals surface area (Å²) >= 11 is 0. The average molecular weight is 244 g/mol. The van der Waals surface area contributed by atoms with E-state index in [1.807, 2.05) is 31.5 Å². The zero-order valence-corrected chi connectivity index (χ0v) is 11.2. The fourth-order valence-electron chi connectivity index (χ4n) is 2.11. The topological polar surface area (TPSA) is 42.7 Å². The highest BCUT2D eigenvalue weighted by molar-refractivity contribution is 5.20. The molecule has 0 saturated carbocycles. The molecule has 0 aromatic carbocycles. The fraction of sp³-hybridized carbons (Fsp3) is 0.429. The molecule has 4 nitrogen and oxygen atoms in total. The highest BCUT2D eigenvalue weighted by Gasteiger charge is 2.18. The lowest BCUT2D eigenvalue weighted by Crippen LogP contribution is -2.26. The van der Waals surface area contributed by atoms with Gasteiger partial charge in [-0.15, -0.1) is 0 Å². The van der Waals surface area contributed by atoms with Gasteiger partial charge in [0.1, 0.15) is 11.9 Å². The zero-order chi connectivity index (χ0) is 13.0. The lowest BCUT2D eigenvalue weighted by Gasteiger charge is -2.18. The van der Waals surface area contributed by atoms with E-state index >= 15 is 0 Å². The quantitative estimate of drug-likeness (QED) is 0.877. The van der Waals surface area contributed by atoms with Crippen molar-refractivity contribution in [2.45, 2.75) is 33.4 Å². The van der Waals surface area contributed by atoms with Crippen LogP contribution in [0.15, 0.2) is 30.6 Å². The number of hydrogen-bond donors (Lipinski definition) is 1. The molecule has 4 heteroatoms. The number of nitrogens with one attached hydrogen (secondary N) is 1. The van der Waals surface area contributed by atoms with Crippen molar-refractivity contribution in [3.05, 3.63) is 47.8 Å². The SMILES string of the molecule is CCNC(c1cccc(C)n1)c1nccn1CC. The summed E-state index contributed by atoms with van der Waals surface area (Å²) in [5, 5.41) is 3.46. The minimum absolute atomic E-state index is 0.0600. The van der Waals surface area contributed by atoms with Crippen LogP contribution in [0, 0.1) is 6.92 Å². The number of pyridine rings is 1. The van der Waals surface area contributed by atoms with Crippen molar-refractivity contribution in [3.63, 3.8) is 0 Å². The van der Waals surface area contributed by atoms with Gasteiger partial charge < -0.3 is 9.88 Å². The molecule has 2 aromatic heterocycles. The van der Waals surface area contributed by atoms with Crippen LogP contribution < -0.4 is 5.32 Å². The maximum Gasteiger partial charge on any atom is 0.132 e. The van der Waals surface area contributed by atoms with E-state index in [0.29, 0.717) is 0 Å². The predicted molar refractivity (Wildman–Crippen MR) is 72.4 cm³/mol. The summed E-state index contributed by atoms with van der Waals surface area (Å²) in [6, 6.07) is 6.17. The lowest BCUT2D eigenvalue weighted by atomic mass is 10.1. The molecular formula is C14H20N4. The van der Waals surface area contributed by atoms with Gasteiger partial charge in [-0.2, -0.15) is 0 Å². The Labute approximate surface area is 108 Å². The van der Waals surface area contributed by atoms with E-state index in [1.165, 1.54) is 0 Å². The number of hydrogen-bond acceptors (Lipinski definition) is 3. The van der Waals surface area contributed by atoms with Gasteiger partial charge in [0.15, 0.2) is 0 Å². The smallest absolute Gasteiger partial charge is 0.132 e. The second kappa shape index (κ2) is 5.78. The van der Waals surface area contributed by atoms with Crippen LogP contribution in [-0.4, -0.2) is 21.1 Å². The Morgan fingerprint density at radius 3 is 2.83 bits per heavy atom. The van der Waals surface area contributed by atoms with Crippen molar-refractivity contribution in [3.8, 4) is 0 Å². The summed E-state index contributed by atoms with van der Waals surface area (Å²) in [5.41, 5.74) is 2.06. The molecule has 1 unspecified atom stereocenters. The van der Waals surface area contributed by atoms with Crippen LogP contribution in [0.1, 0.15) is 37.1 Å². The van der Waals surface area contributed by atoms with Gasteiger partial charge in [0.2, 0.25) is 0 Å². The van der Waals surface area contributed by atoms with Gasteiger partial charge in [-0.05, 0) is 32.5 Å². The van der Waals surface area contributed by atoms with Gasteiger partial charge in [0, 0.05) is 24.6 Å². The number of imidazole rings is 1. The van der Waals surface area contributed by atoms with E-state index in [2.05, 4.69) is 39.8 Å². The van der Waals surface area contributed by atoms with E-state index in [0.717, 1.165) is 30.3 Å². The Hall–Kier alpha value is -1.68. The maximum absolute atomic E-state index is 4.61. The van der Waals surface area contributed by atoms with Crippen molar-refractivity contribution < 1.29 is 0 Å². The molecule has 2 aromatic rings. The van der Waals surface area contributed by atoms with Crippen LogP contribution in [-0.2, 0) is 6.54 Å². The number of nitrogens with zero attached hydrogens (tertiary/aromatic N) is 3. The first-order valence-electron chi connectivity index (χ1n) is 6.44. The van der Waals surface area contributed by atoms with Crippen LogP contribution in [0.3, 0.4) is 0 Å². The second-order valence-electron chi connectivity index (χ2n) is 4.27. The van der Waals surface area contributed by atoms with Crippen LogP contribution in [0.4, 0.5) is 0 Å². The standard InChI is InChI=1S/C14H20N4/c1-4-15-13(12-8-6-7-11(3)17-12)14-16-9-10-18(14)5-2/h6-10,13,15H,4-5H2,1-3H3. The minimum atomic E-state index is 0.0600. The third kappa shape index (κ3) is 2.59. The molecule has 0 aliphatic carbocycles. The Morgan fingerprint density at radius 2 is 2.17 bits per heavy atom. The summed E-state index contributed by atoms with van der Waals surface area (Å²) in [6.45, 7) is 8.04. The molecule has 0 aliphatic heterocycles. The Kier molecular flexibility index (Phi) is 4.10. The monoisotopic (exact) mass is 244 g/mol. The van der Waals surface area contributed by atoms with Crippen LogP contribution >= 0.6 is 0 Å². The first kappa shape index (κ1) is 12.8. The van der Waals surface area contributed by atoms with Gasteiger partial charge in [0.25, 0.3) is 0 Å². The zero-order valence-electron chi connectivity index (χ0n) is 11.2. The third-order valence-corrected chi connectivity index (χ3v) is 2.96. The first-order chi connectivity index (χ1) is 8.76. The highest BCUT2D eigenvalue weighted by atomic mass is 15.1. The lowest BCUT2D eigenvalue weighted by molar-refractivity contribution is 0.547. The maximum atomic E-state index is 4.61.